The van der Waals surface area contributed by atoms with Crippen LogP contribution in [0.1, 0.15) is 36.0 Å². The van der Waals surface area contributed by atoms with Gasteiger partial charge in [-0.2, -0.15) is 0 Å². The lowest BCUT2D eigenvalue weighted by Gasteiger charge is -2.10. The molecule has 0 aliphatic heterocycles. The lowest BCUT2D eigenvalue weighted by Crippen LogP contribution is -1.94. The summed E-state index contributed by atoms with van der Waals surface area (Å²) in [5.41, 5.74) is 4.31. The SMILES string of the molecule is O=S([O-])Cc1ccc(C2=C(c3cc(F)cc(F)c3)CCC2)cc1. The van der Waals surface area contributed by atoms with Crippen molar-refractivity contribution in [1.29, 1.82) is 0 Å². The molecule has 0 N–H and O–H groups in total. The van der Waals surface area contributed by atoms with Gasteiger partial charge in [-0.15, -0.1) is 0 Å². The Morgan fingerprint density at radius 1 is 0.913 bits per heavy atom. The molecule has 0 bridgehead atoms. The third-order valence-corrected chi connectivity index (χ3v) is 4.58. The van der Waals surface area contributed by atoms with E-state index in [0.717, 1.165) is 47.6 Å². The van der Waals surface area contributed by atoms with E-state index in [4.69, 9.17) is 0 Å². The van der Waals surface area contributed by atoms with E-state index < -0.39 is 22.7 Å². The number of allylic oxidation sites excluding steroid dienone is 2. The van der Waals surface area contributed by atoms with E-state index >= 15 is 0 Å². The largest absolute Gasteiger partial charge is 0.772 e. The fourth-order valence-electron chi connectivity index (χ4n) is 3.05. The lowest BCUT2D eigenvalue weighted by atomic mass is 9.96. The van der Waals surface area contributed by atoms with Gasteiger partial charge in [-0.25, -0.2) is 8.78 Å². The molecule has 2 aromatic rings. The zero-order valence-corrected chi connectivity index (χ0v) is 13.2. The van der Waals surface area contributed by atoms with Crippen LogP contribution < -0.4 is 0 Å². The predicted molar refractivity (Wildman–Crippen MR) is 86.1 cm³/mol. The van der Waals surface area contributed by atoms with Gasteiger partial charge in [0.05, 0.1) is 0 Å². The Morgan fingerprint density at radius 3 is 2.04 bits per heavy atom. The molecular weight excluding hydrogens is 318 g/mol. The predicted octanol–water partition coefficient (Wildman–Crippen LogP) is 4.44. The van der Waals surface area contributed by atoms with Crippen LogP contribution in [-0.4, -0.2) is 8.76 Å². The standard InChI is InChI=1S/C18H16F2O2S/c19-15-8-14(9-16(20)10-15)18-3-1-2-17(18)13-6-4-12(5-7-13)11-23(21)22/h4-10H,1-3,11H2,(H,21,22)/p-1. The second-order valence-corrected chi connectivity index (χ2v) is 6.51. The molecule has 5 heteroatoms. The first kappa shape index (κ1) is 16.0. The van der Waals surface area contributed by atoms with Gasteiger partial charge in [-0.3, -0.25) is 4.21 Å². The van der Waals surface area contributed by atoms with Crippen molar-refractivity contribution >= 4 is 22.2 Å². The molecule has 3 rings (SSSR count). The van der Waals surface area contributed by atoms with Gasteiger partial charge in [0.1, 0.15) is 11.6 Å². The Bertz CT molecular complexity index is 762. The van der Waals surface area contributed by atoms with Crippen LogP contribution in [0.15, 0.2) is 42.5 Å². The van der Waals surface area contributed by atoms with Crippen molar-refractivity contribution < 1.29 is 17.5 Å². The molecule has 2 nitrogen and oxygen atoms in total. The minimum absolute atomic E-state index is 0.0126. The van der Waals surface area contributed by atoms with Crippen LogP contribution in [0.3, 0.4) is 0 Å². The number of halogens is 2. The van der Waals surface area contributed by atoms with E-state index in [1.165, 1.54) is 12.1 Å². The Kier molecular flexibility index (Phi) is 4.68. The molecule has 0 aromatic heterocycles. The van der Waals surface area contributed by atoms with E-state index in [9.17, 15) is 17.5 Å². The first-order valence-corrected chi connectivity index (χ1v) is 8.61. The van der Waals surface area contributed by atoms with Gasteiger partial charge < -0.3 is 4.55 Å². The summed E-state index contributed by atoms with van der Waals surface area (Å²) in [5.74, 6) is -1.17. The summed E-state index contributed by atoms with van der Waals surface area (Å²) in [7, 11) is 0. The highest BCUT2D eigenvalue weighted by molar-refractivity contribution is 7.78. The fourth-order valence-corrected chi connectivity index (χ4v) is 3.51. The van der Waals surface area contributed by atoms with E-state index in [-0.39, 0.29) is 5.75 Å². The first-order chi connectivity index (χ1) is 11.0. The van der Waals surface area contributed by atoms with Crippen molar-refractivity contribution in [2.75, 3.05) is 0 Å². The van der Waals surface area contributed by atoms with Crippen molar-refractivity contribution in [1.82, 2.24) is 0 Å². The molecule has 0 amide bonds. The normalized spacial score (nSPS) is 16.0. The molecule has 23 heavy (non-hydrogen) atoms. The summed E-state index contributed by atoms with van der Waals surface area (Å²) in [4.78, 5) is 0. The van der Waals surface area contributed by atoms with Crippen molar-refractivity contribution in [3.8, 4) is 0 Å². The highest BCUT2D eigenvalue weighted by Gasteiger charge is 2.18. The summed E-state index contributed by atoms with van der Waals surface area (Å²) < 4.78 is 48.4. The second kappa shape index (κ2) is 6.72. The molecule has 1 unspecified atom stereocenters. The number of hydrogen-bond acceptors (Lipinski definition) is 2. The van der Waals surface area contributed by atoms with Crippen LogP contribution in [0, 0.1) is 11.6 Å². The summed E-state index contributed by atoms with van der Waals surface area (Å²) in [6.45, 7) is 0. The van der Waals surface area contributed by atoms with Crippen LogP contribution in [0.2, 0.25) is 0 Å². The smallest absolute Gasteiger partial charge is 0.126 e. The molecule has 0 fully saturated rings. The van der Waals surface area contributed by atoms with Gasteiger partial charge in [0, 0.05) is 11.8 Å². The maximum atomic E-state index is 13.5. The monoisotopic (exact) mass is 333 g/mol. The summed E-state index contributed by atoms with van der Waals surface area (Å²) in [6.07, 6.45) is 2.57. The Balaban J connectivity index is 1.97. The van der Waals surface area contributed by atoms with E-state index in [0.29, 0.717) is 5.56 Å². The molecule has 120 valence electrons. The summed E-state index contributed by atoms with van der Waals surface area (Å²) in [6, 6.07) is 10.9. The fraction of sp³-hybridized carbons (Fsp3) is 0.222. The van der Waals surface area contributed by atoms with Crippen molar-refractivity contribution in [2.24, 2.45) is 0 Å². The van der Waals surface area contributed by atoms with Crippen LogP contribution in [0.25, 0.3) is 11.1 Å². The maximum Gasteiger partial charge on any atom is 0.126 e. The van der Waals surface area contributed by atoms with Gasteiger partial charge in [-0.1, -0.05) is 35.3 Å². The number of rotatable bonds is 4. The molecule has 0 saturated heterocycles. The summed E-state index contributed by atoms with van der Waals surface area (Å²) >= 11 is -2.11. The third kappa shape index (κ3) is 3.74. The van der Waals surface area contributed by atoms with Crippen LogP contribution in [-0.2, 0) is 16.8 Å². The Hall–Kier alpha value is -1.85. The maximum absolute atomic E-state index is 13.5. The second-order valence-electron chi connectivity index (χ2n) is 5.61. The minimum atomic E-state index is -2.11. The average Bonchev–Trinajstić information content (AvgIpc) is 2.96. The summed E-state index contributed by atoms with van der Waals surface area (Å²) in [5, 5.41) is 0. The molecule has 1 aliphatic carbocycles. The van der Waals surface area contributed by atoms with E-state index in [2.05, 4.69) is 0 Å². The molecule has 0 heterocycles. The van der Waals surface area contributed by atoms with Crippen LogP contribution >= 0.6 is 0 Å². The zero-order chi connectivity index (χ0) is 16.4. The minimum Gasteiger partial charge on any atom is -0.772 e. The Labute approximate surface area is 136 Å². The van der Waals surface area contributed by atoms with E-state index in [1.54, 1.807) is 12.1 Å². The van der Waals surface area contributed by atoms with Crippen molar-refractivity contribution in [2.45, 2.75) is 25.0 Å². The van der Waals surface area contributed by atoms with Crippen LogP contribution in [0.5, 0.6) is 0 Å². The van der Waals surface area contributed by atoms with Gasteiger partial charge in [0.15, 0.2) is 0 Å². The molecule has 1 atom stereocenters. The quantitative estimate of drug-likeness (QED) is 0.776. The molecule has 1 aliphatic rings. The Morgan fingerprint density at radius 2 is 1.48 bits per heavy atom. The third-order valence-electron chi connectivity index (χ3n) is 4.02. The lowest BCUT2D eigenvalue weighted by molar-refractivity contribution is 0.536. The topological polar surface area (TPSA) is 40.1 Å². The molecule has 0 spiro atoms. The highest BCUT2D eigenvalue weighted by Crippen LogP contribution is 2.40. The average molecular weight is 333 g/mol. The van der Waals surface area contributed by atoms with Gasteiger partial charge in [0.2, 0.25) is 0 Å². The van der Waals surface area contributed by atoms with Crippen molar-refractivity contribution in [3.05, 3.63) is 70.8 Å². The molecule has 0 saturated carbocycles. The van der Waals surface area contributed by atoms with Gasteiger partial charge >= 0.3 is 0 Å². The van der Waals surface area contributed by atoms with Crippen molar-refractivity contribution in [3.63, 3.8) is 0 Å². The zero-order valence-electron chi connectivity index (χ0n) is 12.4. The van der Waals surface area contributed by atoms with Gasteiger partial charge in [-0.05, 0) is 59.2 Å². The first-order valence-electron chi connectivity index (χ1n) is 7.36. The molecule has 0 radical (unpaired) electrons. The van der Waals surface area contributed by atoms with Gasteiger partial charge in [0.25, 0.3) is 0 Å². The van der Waals surface area contributed by atoms with Crippen LogP contribution in [0.4, 0.5) is 8.78 Å². The number of hydrogen-bond donors (Lipinski definition) is 0. The van der Waals surface area contributed by atoms with E-state index in [1.807, 2.05) is 12.1 Å². The molecule has 2 aromatic carbocycles. The number of benzene rings is 2. The molecular formula is C18H15F2O2S-. The highest BCUT2D eigenvalue weighted by atomic mass is 32.2.